The molecular weight excluding hydrogens is 527 g/mol. The first-order valence-electron chi connectivity index (χ1n) is 1.46. The Balaban J connectivity index is -0.0000000267. The quantitative estimate of drug-likeness (QED) is 0.222. The average molecular weight is 527 g/mol. The van der Waals surface area contributed by atoms with Crippen LogP contribution in [-0.2, 0) is 91.0 Å². The van der Waals surface area contributed by atoms with Gasteiger partial charge in [-0.15, -0.1) is 0 Å². The third-order valence-corrected chi connectivity index (χ3v) is 0. The van der Waals surface area contributed by atoms with Crippen molar-refractivity contribution in [3.8, 4) is 0 Å². The molecule has 0 aliphatic carbocycles. The van der Waals surface area contributed by atoms with Crippen LogP contribution < -0.4 is 29.4 Å². The van der Waals surface area contributed by atoms with E-state index in [2.05, 4.69) is 0 Å². The summed E-state index contributed by atoms with van der Waals surface area (Å²) in [6, 6.07) is 0. The van der Waals surface area contributed by atoms with Gasteiger partial charge in [-0.1, -0.05) is 0 Å². The van der Waals surface area contributed by atoms with Crippen molar-refractivity contribution in [1.29, 1.82) is 0 Å². The van der Waals surface area contributed by atoms with Crippen LogP contribution in [-0.4, -0.2) is 0 Å². The van der Waals surface area contributed by atoms with Gasteiger partial charge < -0.3 is 38.5 Å². The van der Waals surface area contributed by atoms with Crippen LogP contribution in [0.3, 0.4) is 0 Å². The topological polar surface area (TPSA) is 172 Å². The zero-order valence-corrected chi connectivity index (χ0v) is 20.2. The summed E-state index contributed by atoms with van der Waals surface area (Å²) in [5, 5.41) is 0. The van der Waals surface area contributed by atoms with Crippen molar-refractivity contribution in [2.75, 3.05) is 0 Å². The van der Waals surface area contributed by atoms with E-state index in [4.69, 9.17) is 38.5 Å². The van der Waals surface area contributed by atoms with Gasteiger partial charge >= 0.3 is 81.9 Å². The van der Waals surface area contributed by atoms with E-state index in [9.17, 15) is 0 Å². The van der Waals surface area contributed by atoms with Crippen LogP contribution in [0.4, 0.5) is 0 Å². The molecule has 0 aromatic heterocycles. The molecule has 0 fully saturated rings. The van der Waals surface area contributed by atoms with Gasteiger partial charge in [-0.3, -0.25) is 0 Å². The molecule has 0 aliphatic rings. The van der Waals surface area contributed by atoms with E-state index in [1.807, 2.05) is 0 Å². The molecule has 0 bridgehead atoms. The summed E-state index contributed by atoms with van der Waals surface area (Å²) in [6.45, 7) is 0. The zero-order chi connectivity index (χ0) is 9.00. The van der Waals surface area contributed by atoms with E-state index in [0.717, 1.165) is 0 Å². The van der Waals surface area contributed by atoms with Crippen molar-refractivity contribution in [1.82, 2.24) is 0 Å². The third kappa shape index (κ3) is 283. The molecule has 0 heterocycles. The van der Waals surface area contributed by atoms with Crippen LogP contribution in [0.1, 0.15) is 0 Å². The van der Waals surface area contributed by atoms with Gasteiger partial charge in [-0.2, -0.15) is 15.6 Å². The third-order valence-electron chi connectivity index (χ3n) is 0. The second-order valence-electron chi connectivity index (χ2n) is 0.894. The molecule has 13 heteroatoms. The Hall–Kier alpha value is 2.99. The fourth-order valence-corrected chi connectivity index (χ4v) is 0. The molecule has 0 radical (unpaired) electrons. The summed E-state index contributed by atoms with van der Waals surface area (Å²) in [5.74, 6) is 0. The first-order chi connectivity index (χ1) is 4.00. The molecule has 0 unspecified atom stereocenters. The van der Waals surface area contributed by atoms with Gasteiger partial charge in [0.25, 0.3) is 0 Å². The van der Waals surface area contributed by atoms with E-state index in [-0.39, 0.29) is 81.9 Å². The molecular formula is Cd3O8P2. The average Bonchev–Trinajstić information content (AvgIpc) is 1.12. The monoisotopic (exact) mass is 532 g/mol. The smallest absolute Gasteiger partial charge is 0.822 e. The van der Waals surface area contributed by atoms with Gasteiger partial charge in [0.2, 0.25) is 0 Å². The Kier molecular flexibility index (Phi) is 29.9. The number of hydrogen-bond acceptors (Lipinski definition) is 8. The second kappa shape index (κ2) is 13.1. The van der Waals surface area contributed by atoms with Crippen LogP contribution in [0.15, 0.2) is 0 Å². The summed E-state index contributed by atoms with van der Waals surface area (Å²) in [7, 11) is -10.8. The molecule has 13 heavy (non-hydrogen) atoms. The summed E-state index contributed by atoms with van der Waals surface area (Å²) >= 11 is 0. The molecule has 64 valence electrons. The van der Waals surface area contributed by atoms with Gasteiger partial charge in [0.1, 0.15) is 0 Å². The van der Waals surface area contributed by atoms with Crippen LogP contribution in [0.25, 0.3) is 0 Å². The van der Waals surface area contributed by atoms with Gasteiger partial charge in [0.15, 0.2) is 0 Å². The second-order valence-corrected chi connectivity index (χ2v) is 2.68. The predicted octanol–water partition coefficient (Wildman–Crippen LogP) is -5.66. The summed E-state index contributed by atoms with van der Waals surface area (Å²) in [4.78, 5) is 51.3. The summed E-state index contributed by atoms with van der Waals surface area (Å²) in [5.41, 5.74) is 0. The first-order valence-corrected chi connectivity index (χ1v) is 4.38. The van der Waals surface area contributed by atoms with Crippen LogP contribution in [0.5, 0.6) is 0 Å². The molecule has 0 spiro atoms. The Labute approximate surface area is 134 Å². The van der Waals surface area contributed by atoms with Gasteiger partial charge in [0.05, 0.1) is 0 Å². The Bertz CT molecular complexity index is 130. The maximum absolute atomic E-state index is 8.55. The predicted molar refractivity (Wildman–Crippen MR) is 15.2 cm³/mol. The minimum absolute atomic E-state index is 0. The van der Waals surface area contributed by atoms with Crippen molar-refractivity contribution >= 4 is 15.6 Å². The summed E-state index contributed by atoms with van der Waals surface area (Å²) < 4.78 is 17.1. The van der Waals surface area contributed by atoms with Crippen molar-refractivity contribution in [3.05, 3.63) is 0 Å². The first kappa shape index (κ1) is 29.7. The van der Waals surface area contributed by atoms with Gasteiger partial charge in [-0.05, 0) is 0 Å². The SMILES string of the molecule is O=P([O-])([O-])[O-].O=P([O-])([O-])[O-].[Cd+2].[Cd+2].[Cd+2]. The van der Waals surface area contributed by atoms with Crippen LogP contribution in [0, 0.1) is 0 Å². The Morgan fingerprint density at radius 2 is 0.538 bits per heavy atom. The number of phosphoric acid groups is 2. The van der Waals surface area contributed by atoms with Crippen molar-refractivity contribution in [2.45, 2.75) is 0 Å². The molecule has 0 aromatic rings. The molecule has 0 saturated heterocycles. The molecule has 0 N–H and O–H groups in total. The van der Waals surface area contributed by atoms with E-state index in [0.29, 0.717) is 0 Å². The maximum atomic E-state index is 8.55. The van der Waals surface area contributed by atoms with E-state index >= 15 is 0 Å². The summed E-state index contributed by atoms with van der Waals surface area (Å²) in [6.07, 6.45) is 0. The molecule has 0 amide bonds. The molecule has 8 nitrogen and oxygen atoms in total. The number of rotatable bonds is 0. The Morgan fingerprint density at radius 1 is 0.538 bits per heavy atom. The zero-order valence-electron chi connectivity index (χ0n) is 6.28. The van der Waals surface area contributed by atoms with Crippen LogP contribution in [0.2, 0.25) is 0 Å². The van der Waals surface area contributed by atoms with Crippen molar-refractivity contribution in [2.24, 2.45) is 0 Å². The van der Waals surface area contributed by atoms with Crippen molar-refractivity contribution in [3.63, 3.8) is 0 Å². The molecule has 0 saturated carbocycles. The van der Waals surface area contributed by atoms with E-state index in [1.54, 1.807) is 0 Å². The Morgan fingerprint density at radius 3 is 0.538 bits per heavy atom. The minimum Gasteiger partial charge on any atom is -0.822 e. The fraction of sp³-hybridized carbons (Fsp3) is 0. The molecule has 0 aliphatic heterocycles. The largest absolute Gasteiger partial charge is 2.00 e. The van der Waals surface area contributed by atoms with Gasteiger partial charge in [-0.25, -0.2) is 0 Å². The molecule has 0 aromatic carbocycles. The van der Waals surface area contributed by atoms with E-state index in [1.165, 1.54) is 0 Å². The van der Waals surface area contributed by atoms with Crippen molar-refractivity contribution < 1.29 is 120 Å². The molecule has 0 atom stereocenters. The standard InChI is InChI=1S/3Cd.2H3O4P/c;;;2*1-5(2,3)4/h;;;2*(H3,1,2,3,4)/q3*+2;;/p-6. The van der Waals surface area contributed by atoms with Gasteiger partial charge in [0, 0.05) is 0 Å². The molecule has 0 rings (SSSR count). The maximum Gasteiger partial charge on any atom is 2.00 e. The van der Waals surface area contributed by atoms with Crippen LogP contribution >= 0.6 is 15.6 Å². The number of hydrogen-bond donors (Lipinski definition) is 0. The normalized spacial score (nSPS) is 9.08. The minimum atomic E-state index is -5.39. The van der Waals surface area contributed by atoms with E-state index < -0.39 is 15.6 Å². The fourth-order valence-electron chi connectivity index (χ4n) is 0.